The number of nitrogens with one attached hydrogen (secondary N) is 1. The second-order valence-corrected chi connectivity index (χ2v) is 7.37. The summed E-state index contributed by atoms with van der Waals surface area (Å²) in [6, 6.07) is 10.1. The summed E-state index contributed by atoms with van der Waals surface area (Å²) in [5.41, 5.74) is 2.91. The molecule has 4 rings (SSSR count). The fourth-order valence-electron chi connectivity index (χ4n) is 3.89. The molecule has 3 aromatic rings. The third-order valence-corrected chi connectivity index (χ3v) is 5.36. The molecule has 5 heteroatoms. The second kappa shape index (κ2) is 8.01. The van der Waals surface area contributed by atoms with Crippen molar-refractivity contribution >= 4 is 16.9 Å². The molecular formula is C22H26N2O3. The SMILES string of the molecule is Cc1ccc2c(CC(=O)NCC(c3ccco3)N3CCCCC3)coc2c1. The number of aryl methyl sites for hydroxylation is 1. The van der Waals surface area contributed by atoms with Crippen LogP contribution in [0.4, 0.5) is 0 Å². The molecule has 27 heavy (non-hydrogen) atoms. The van der Waals surface area contributed by atoms with Crippen molar-refractivity contribution in [3.05, 3.63) is 59.7 Å². The van der Waals surface area contributed by atoms with Gasteiger partial charge in [-0.2, -0.15) is 0 Å². The molecule has 2 aromatic heterocycles. The number of carbonyl (C=O) groups is 1. The summed E-state index contributed by atoms with van der Waals surface area (Å²) in [5.74, 6) is 0.924. The molecule has 0 radical (unpaired) electrons. The number of hydrogen-bond donors (Lipinski definition) is 1. The van der Waals surface area contributed by atoms with Crippen LogP contribution in [0.2, 0.25) is 0 Å². The molecule has 1 fully saturated rings. The van der Waals surface area contributed by atoms with E-state index in [2.05, 4.69) is 10.2 Å². The maximum Gasteiger partial charge on any atom is 0.224 e. The van der Waals surface area contributed by atoms with Gasteiger partial charge in [-0.1, -0.05) is 18.6 Å². The Morgan fingerprint density at radius 1 is 1.19 bits per heavy atom. The van der Waals surface area contributed by atoms with Crippen molar-refractivity contribution in [3.8, 4) is 0 Å². The molecule has 1 unspecified atom stereocenters. The highest BCUT2D eigenvalue weighted by molar-refractivity contribution is 5.87. The molecule has 0 bridgehead atoms. The third kappa shape index (κ3) is 4.08. The minimum absolute atomic E-state index is 0.00633. The summed E-state index contributed by atoms with van der Waals surface area (Å²) in [4.78, 5) is 15.0. The van der Waals surface area contributed by atoms with Gasteiger partial charge in [0, 0.05) is 17.5 Å². The van der Waals surface area contributed by atoms with Crippen LogP contribution in [0.5, 0.6) is 0 Å². The fourth-order valence-corrected chi connectivity index (χ4v) is 3.89. The zero-order chi connectivity index (χ0) is 18.6. The molecule has 0 saturated carbocycles. The fraction of sp³-hybridized carbons (Fsp3) is 0.409. The minimum atomic E-state index is 0.00633. The van der Waals surface area contributed by atoms with Crippen LogP contribution in [0.25, 0.3) is 11.0 Å². The van der Waals surface area contributed by atoms with E-state index in [4.69, 9.17) is 8.83 Å². The average molecular weight is 366 g/mol. The predicted molar refractivity (Wildman–Crippen MR) is 105 cm³/mol. The molecule has 5 nitrogen and oxygen atoms in total. The van der Waals surface area contributed by atoms with Crippen LogP contribution in [0.3, 0.4) is 0 Å². The van der Waals surface area contributed by atoms with Crippen molar-refractivity contribution in [3.63, 3.8) is 0 Å². The quantitative estimate of drug-likeness (QED) is 0.710. The largest absolute Gasteiger partial charge is 0.468 e. The Morgan fingerprint density at radius 2 is 2.04 bits per heavy atom. The standard InChI is InChI=1S/C22H26N2O3/c1-16-7-8-18-17(15-27-21(18)12-16)13-22(25)23-14-19(20-6-5-11-26-20)24-9-3-2-4-10-24/h5-8,11-12,15,19H,2-4,9-10,13-14H2,1H3,(H,23,25). The van der Waals surface area contributed by atoms with E-state index in [1.165, 1.54) is 19.3 Å². The maximum atomic E-state index is 12.6. The number of hydrogen-bond acceptors (Lipinski definition) is 4. The Bertz CT molecular complexity index is 892. The number of carbonyl (C=O) groups excluding carboxylic acids is 1. The highest BCUT2D eigenvalue weighted by atomic mass is 16.3. The highest BCUT2D eigenvalue weighted by Gasteiger charge is 2.25. The van der Waals surface area contributed by atoms with Crippen molar-refractivity contribution < 1.29 is 13.6 Å². The van der Waals surface area contributed by atoms with Gasteiger partial charge in [0.25, 0.3) is 0 Å². The van der Waals surface area contributed by atoms with Gasteiger partial charge in [0.1, 0.15) is 11.3 Å². The molecule has 0 spiro atoms. The molecule has 1 atom stereocenters. The summed E-state index contributed by atoms with van der Waals surface area (Å²) in [6.45, 7) is 4.69. The van der Waals surface area contributed by atoms with Crippen LogP contribution in [0.15, 0.2) is 51.7 Å². The van der Waals surface area contributed by atoms with Crippen LogP contribution in [0.1, 0.15) is 42.2 Å². The number of rotatable bonds is 6. The zero-order valence-corrected chi connectivity index (χ0v) is 15.7. The van der Waals surface area contributed by atoms with E-state index in [9.17, 15) is 4.79 Å². The average Bonchev–Trinajstić information content (AvgIpc) is 3.33. The number of likely N-dealkylation sites (tertiary alicyclic amines) is 1. The van der Waals surface area contributed by atoms with Crippen molar-refractivity contribution in [2.24, 2.45) is 0 Å². The first kappa shape index (κ1) is 17.9. The molecule has 1 saturated heterocycles. The van der Waals surface area contributed by atoms with E-state index in [-0.39, 0.29) is 11.9 Å². The molecule has 1 N–H and O–H groups in total. The summed E-state index contributed by atoms with van der Waals surface area (Å²) >= 11 is 0. The molecule has 1 aliphatic rings. The number of amides is 1. The van der Waals surface area contributed by atoms with Crippen molar-refractivity contribution in [1.82, 2.24) is 10.2 Å². The summed E-state index contributed by atoms with van der Waals surface area (Å²) in [6.07, 6.45) is 7.39. The van der Waals surface area contributed by atoms with Crippen molar-refractivity contribution in [1.29, 1.82) is 0 Å². The van der Waals surface area contributed by atoms with Crippen LogP contribution in [-0.2, 0) is 11.2 Å². The number of fused-ring (bicyclic) bond motifs is 1. The van der Waals surface area contributed by atoms with Gasteiger partial charge in [-0.15, -0.1) is 0 Å². The molecular weight excluding hydrogens is 340 g/mol. The summed E-state index contributed by atoms with van der Waals surface area (Å²) in [7, 11) is 0. The Morgan fingerprint density at radius 3 is 2.81 bits per heavy atom. The normalized spacial score (nSPS) is 16.5. The van der Waals surface area contributed by atoms with Gasteiger partial charge in [0.2, 0.25) is 5.91 Å². The van der Waals surface area contributed by atoms with Gasteiger partial charge in [-0.25, -0.2) is 0 Å². The highest BCUT2D eigenvalue weighted by Crippen LogP contribution is 2.25. The van der Waals surface area contributed by atoms with Crippen LogP contribution >= 0.6 is 0 Å². The van der Waals surface area contributed by atoms with Gasteiger partial charge in [-0.3, -0.25) is 9.69 Å². The van der Waals surface area contributed by atoms with Crippen molar-refractivity contribution in [2.45, 2.75) is 38.6 Å². The Labute approximate surface area is 159 Å². The second-order valence-electron chi connectivity index (χ2n) is 7.37. The van der Waals surface area contributed by atoms with Crippen LogP contribution in [-0.4, -0.2) is 30.4 Å². The van der Waals surface area contributed by atoms with Crippen molar-refractivity contribution in [2.75, 3.05) is 19.6 Å². The first-order valence-electron chi connectivity index (χ1n) is 9.71. The lowest BCUT2D eigenvalue weighted by molar-refractivity contribution is -0.120. The Balaban J connectivity index is 1.41. The monoisotopic (exact) mass is 366 g/mol. The molecule has 1 amide bonds. The first-order chi connectivity index (χ1) is 13.2. The van der Waals surface area contributed by atoms with Crippen LogP contribution in [0, 0.1) is 6.92 Å². The lowest BCUT2D eigenvalue weighted by Crippen LogP contribution is -2.40. The Hall–Kier alpha value is -2.53. The number of benzene rings is 1. The number of furan rings is 2. The van der Waals surface area contributed by atoms with Gasteiger partial charge in [-0.05, 0) is 56.6 Å². The van der Waals surface area contributed by atoms with E-state index < -0.39 is 0 Å². The number of nitrogens with zero attached hydrogens (tertiary/aromatic N) is 1. The smallest absolute Gasteiger partial charge is 0.224 e. The topological polar surface area (TPSA) is 58.6 Å². The molecule has 1 aliphatic heterocycles. The molecule has 0 aliphatic carbocycles. The van der Waals surface area contributed by atoms with Gasteiger partial charge in [0.15, 0.2) is 0 Å². The number of piperidine rings is 1. The summed E-state index contributed by atoms with van der Waals surface area (Å²) < 4.78 is 11.3. The lowest BCUT2D eigenvalue weighted by atomic mass is 10.1. The minimum Gasteiger partial charge on any atom is -0.468 e. The van der Waals surface area contributed by atoms with Gasteiger partial charge >= 0.3 is 0 Å². The van der Waals surface area contributed by atoms with Gasteiger partial charge in [0.05, 0.1) is 25.0 Å². The molecule has 142 valence electrons. The van der Waals surface area contributed by atoms with E-state index >= 15 is 0 Å². The third-order valence-electron chi connectivity index (χ3n) is 5.36. The van der Waals surface area contributed by atoms with Gasteiger partial charge < -0.3 is 14.2 Å². The van der Waals surface area contributed by atoms with E-state index in [0.717, 1.165) is 40.9 Å². The van der Waals surface area contributed by atoms with Crippen LogP contribution < -0.4 is 5.32 Å². The zero-order valence-electron chi connectivity index (χ0n) is 15.7. The van der Waals surface area contributed by atoms with E-state index in [1.807, 2.05) is 37.3 Å². The predicted octanol–water partition coefficient (Wildman–Crippen LogP) is 4.22. The van der Waals surface area contributed by atoms with E-state index in [1.54, 1.807) is 12.5 Å². The summed E-state index contributed by atoms with van der Waals surface area (Å²) in [5, 5.41) is 4.11. The maximum absolute atomic E-state index is 12.6. The van der Waals surface area contributed by atoms with E-state index in [0.29, 0.717) is 13.0 Å². The first-order valence-corrected chi connectivity index (χ1v) is 9.71. The lowest BCUT2D eigenvalue weighted by Gasteiger charge is -2.33. The molecule has 1 aromatic carbocycles. The molecule has 3 heterocycles. The Kier molecular flexibility index (Phi) is 5.30.